The van der Waals surface area contributed by atoms with Crippen LogP contribution in [0.2, 0.25) is 0 Å². The minimum Gasteiger partial charge on any atom is -0.399 e. The van der Waals surface area contributed by atoms with Crippen LogP contribution in [-0.4, -0.2) is 29.4 Å². The van der Waals surface area contributed by atoms with Gasteiger partial charge in [-0.1, -0.05) is 11.8 Å². The number of aldehydes is 1. The number of amides is 1. The molecule has 2 aromatic rings. The fraction of sp³-hybridized carbons (Fsp3) is 0.143. The SMILES string of the molecule is C[C@H](O)[C@H](C=O)NC(=O)c1ccc(C#CC#Cc2ccc(N)cc2)cc1. The topological polar surface area (TPSA) is 92.4 Å². The predicted octanol–water partition coefficient (Wildman–Crippen LogP) is 1.35. The molecule has 5 nitrogen and oxygen atoms in total. The molecule has 0 fully saturated rings. The molecule has 0 saturated carbocycles. The van der Waals surface area contributed by atoms with Crippen LogP contribution < -0.4 is 11.1 Å². The number of carbonyl (C=O) groups excluding carboxylic acids is 2. The van der Waals surface area contributed by atoms with Crippen LogP contribution in [0.1, 0.15) is 28.4 Å². The van der Waals surface area contributed by atoms with E-state index in [1.165, 1.54) is 6.92 Å². The molecule has 1 amide bonds. The van der Waals surface area contributed by atoms with E-state index in [2.05, 4.69) is 29.0 Å². The lowest BCUT2D eigenvalue weighted by molar-refractivity contribution is -0.111. The number of aliphatic hydroxyl groups is 1. The summed E-state index contributed by atoms with van der Waals surface area (Å²) in [6.07, 6.45) is -0.455. The van der Waals surface area contributed by atoms with Gasteiger partial charge >= 0.3 is 0 Å². The van der Waals surface area contributed by atoms with Crippen molar-refractivity contribution in [3.8, 4) is 23.7 Å². The lowest BCUT2D eigenvalue weighted by Crippen LogP contribution is -2.43. The number of benzene rings is 2. The minimum absolute atomic E-state index is 0.371. The molecule has 130 valence electrons. The average molecular weight is 346 g/mol. The van der Waals surface area contributed by atoms with Gasteiger partial charge in [-0.15, -0.1) is 0 Å². The molecule has 26 heavy (non-hydrogen) atoms. The zero-order chi connectivity index (χ0) is 18.9. The Hall–Kier alpha value is -3.54. The fourth-order valence-corrected chi connectivity index (χ4v) is 1.98. The van der Waals surface area contributed by atoms with E-state index < -0.39 is 18.1 Å². The molecule has 0 radical (unpaired) electrons. The lowest BCUT2D eigenvalue weighted by atomic mass is 10.1. The first kappa shape index (κ1) is 18.8. The average Bonchev–Trinajstić information content (AvgIpc) is 2.64. The van der Waals surface area contributed by atoms with Crippen molar-refractivity contribution < 1.29 is 14.7 Å². The normalized spacial score (nSPS) is 11.8. The number of rotatable bonds is 4. The number of hydrogen-bond acceptors (Lipinski definition) is 4. The summed E-state index contributed by atoms with van der Waals surface area (Å²) in [6, 6.07) is 12.8. The van der Waals surface area contributed by atoms with E-state index >= 15 is 0 Å². The van der Waals surface area contributed by atoms with Gasteiger partial charge in [-0.25, -0.2) is 0 Å². The van der Waals surface area contributed by atoms with E-state index in [0.29, 0.717) is 23.1 Å². The molecule has 0 unspecified atom stereocenters. The molecule has 2 aromatic carbocycles. The first-order chi connectivity index (χ1) is 12.5. The van der Waals surface area contributed by atoms with Gasteiger partial charge in [0.1, 0.15) is 12.3 Å². The van der Waals surface area contributed by atoms with E-state index in [-0.39, 0.29) is 0 Å². The van der Waals surface area contributed by atoms with Gasteiger partial charge in [-0.2, -0.15) is 0 Å². The summed E-state index contributed by atoms with van der Waals surface area (Å²) in [5.41, 5.74) is 8.18. The third-order valence-corrected chi connectivity index (χ3v) is 3.50. The molecule has 2 rings (SSSR count). The van der Waals surface area contributed by atoms with E-state index in [9.17, 15) is 14.7 Å². The summed E-state index contributed by atoms with van der Waals surface area (Å²) < 4.78 is 0. The van der Waals surface area contributed by atoms with Crippen molar-refractivity contribution in [2.75, 3.05) is 5.73 Å². The Labute approximate surface area is 152 Å². The van der Waals surface area contributed by atoms with Gasteiger partial charge in [0.15, 0.2) is 0 Å². The molecule has 2 atom stereocenters. The van der Waals surface area contributed by atoms with E-state index in [4.69, 9.17) is 5.73 Å². The van der Waals surface area contributed by atoms with Crippen molar-refractivity contribution in [2.45, 2.75) is 19.1 Å². The van der Waals surface area contributed by atoms with Crippen LogP contribution >= 0.6 is 0 Å². The number of nitrogen functional groups attached to an aromatic ring is 1. The summed E-state index contributed by atoms with van der Waals surface area (Å²) in [4.78, 5) is 22.8. The maximum atomic E-state index is 12.0. The lowest BCUT2D eigenvalue weighted by Gasteiger charge is -2.15. The molecule has 0 heterocycles. The fourth-order valence-electron chi connectivity index (χ4n) is 1.98. The van der Waals surface area contributed by atoms with Crippen LogP contribution in [0.3, 0.4) is 0 Å². The molecular weight excluding hydrogens is 328 g/mol. The highest BCUT2D eigenvalue weighted by molar-refractivity contribution is 5.95. The summed E-state index contributed by atoms with van der Waals surface area (Å²) in [6.45, 7) is 1.43. The maximum absolute atomic E-state index is 12.0. The van der Waals surface area contributed by atoms with Crippen LogP contribution in [0.4, 0.5) is 5.69 Å². The molecule has 5 heteroatoms. The number of aliphatic hydroxyl groups excluding tert-OH is 1. The molecule has 0 saturated heterocycles. The smallest absolute Gasteiger partial charge is 0.251 e. The Kier molecular flexibility index (Phi) is 6.56. The Morgan fingerprint density at radius 3 is 2.00 bits per heavy atom. The second kappa shape index (κ2) is 9.08. The third kappa shape index (κ3) is 5.52. The summed E-state index contributed by atoms with van der Waals surface area (Å²) in [5.74, 6) is 10.9. The van der Waals surface area contributed by atoms with Gasteiger partial charge in [0.25, 0.3) is 5.91 Å². The monoisotopic (exact) mass is 346 g/mol. The van der Waals surface area contributed by atoms with Crippen LogP contribution in [0.5, 0.6) is 0 Å². The number of nitrogens with two attached hydrogens (primary N) is 1. The van der Waals surface area contributed by atoms with E-state index in [0.717, 1.165) is 5.56 Å². The van der Waals surface area contributed by atoms with Crippen molar-refractivity contribution in [1.29, 1.82) is 0 Å². The highest BCUT2D eigenvalue weighted by atomic mass is 16.3. The van der Waals surface area contributed by atoms with Crippen molar-refractivity contribution in [3.63, 3.8) is 0 Å². The molecule has 0 aliphatic carbocycles. The van der Waals surface area contributed by atoms with Gasteiger partial charge in [-0.05, 0) is 67.3 Å². The van der Waals surface area contributed by atoms with Crippen LogP contribution in [0, 0.1) is 23.7 Å². The first-order valence-electron chi connectivity index (χ1n) is 7.91. The number of carbonyl (C=O) groups is 2. The van der Waals surface area contributed by atoms with Gasteiger partial charge < -0.3 is 21.0 Å². The zero-order valence-corrected chi connectivity index (χ0v) is 14.2. The van der Waals surface area contributed by atoms with E-state index in [1.54, 1.807) is 36.4 Å². The minimum atomic E-state index is -0.957. The third-order valence-electron chi connectivity index (χ3n) is 3.50. The molecule has 4 N–H and O–H groups in total. The zero-order valence-electron chi connectivity index (χ0n) is 14.2. The van der Waals surface area contributed by atoms with Crippen molar-refractivity contribution >= 4 is 17.9 Å². The standard InChI is InChI=1S/C21H18N2O3/c1-15(25)20(14-24)23-21(26)18-10-6-16(7-11-18)4-2-3-5-17-8-12-19(22)13-9-17/h6-15,20,25H,22H2,1H3,(H,23,26)/t15-,20-/m0/s1. The summed E-state index contributed by atoms with van der Waals surface area (Å²) in [7, 11) is 0. The van der Waals surface area contributed by atoms with Crippen LogP contribution in [0.15, 0.2) is 48.5 Å². The quantitative estimate of drug-likeness (QED) is 0.443. The summed E-state index contributed by atoms with van der Waals surface area (Å²) >= 11 is 0. The predicted molar refractivity (Wildman–Crippen MR) is 100 cm³/mol. The second-order valence-electron chi connectivity index (χ2n) is 5.58. The molecule has 0 bridgehead atoms. The molecular formula is C21H18N2O3. The van der Waals surface area contributed by atoms with Crippen molar-refractivity contribution in [2.24, 2.45) is 0 Å². The largest absolute Gasteiger partial charge is 0.399 e. The highest BCUT2D eigenvalue weighted by Gasteiger charge is 2.17. The van der Waals surface area contributed by atoms with Crippen molar-refractivity contribution in [1.82, 2.24) is 5.32 Å². The molecule has 0 aliphatic heterocycles. The number of anilines is 1. The Morgan fingerprint density at radius 1 is 1.04 bits per heavy atom. The molecule has 0 aromatic heterocycles. The maximum Gasteiger partial charge on any atom is 0.251 e. The van der Waals surface area contributed by atoms with Crippen LogP contribution in [0.25, 0.3) is 0 Å². The Morgan fingerprint density at radius 2 is 1.54 bits per heavy atom. The van der Waals surface area contributed by atoms with Gasteiger partial charge in [-0.3, -0.25) is 4.79 Å². The van der Waals surface area contributed by atoms with Gasteiger partial charge in [0.2, 0.25) is 0 Å². The highest BCUT2D eigenvalue weighted by Crippen LogP contribution is 2.05. The van der Waals surface area contributed by atoms with Gasteiger partial charge in [0.05, 0.1) is 6.10 Å². The molecule has 0 spiro atoms. The number of nitrogens with one attached hydrogen (secondary N) is 1. The van der Waals surface area contributed by atoms with Gasteiger partial charge in [0, 0.05) is 22.4 Å². The van der Waals surface area contributed by atoms with Crippen molar-refractivity contribution in [3.05, 3.63) is 65.2 Å². The second-order valence-corrected chi connectivity index (χ2v) is 5.58. The number of hydrogen-bond donors (Lipinski definition) is 3. The Bertz CT molecular complexity index is 893. The Balaban J connectivity index is 2.01. The summed E-state index contributed by atoms with van der Waals surface area (Å²) in [5, 5.41) is 11.8. The molecule has 0 aliphatic rings. The first-order valence-corrected chi connectivity index (χ1v) is 7.91. The van der Waals surface area contributed by atoms with Crippen LogP contribution in [-0.2, 0) is 4.79 Å². The van der Waals surface area contributed by atoms with E-state index in [1.807, 2.05) is 12.1 Å².